The predicted octanol–water partition coefficient (Wildman–Crippen LogP) is 3.61. The van der Waals surface area contributed by atoms with Gasteiger partial charge in [-0.25, -0.2) is 0 Å². The molecule has 0 atom stereocenters. The van der Waals surface area contributed by atoms with Crippen molar-refractivity contribution in [3.05, 3.63) is 95.6 Å². The van der Waals surface area contributed by atoms with E-state index in [-0.39, 0.29) is 0 Å². The molecule has 4 rings (SSSR count). The maximum Gasteiger partial charge on any atom is 0.174 e. The second-order valence-electron chi connectivity index (χ2n) is 7.57. The van der Waals surface area contributed by atoms with E-state index < -0.39 is 0 Å². The van der Waals surface area contributed by atoms with Crippen LogP contribution in [-0.4, -0.2) is 40.4 Å². The number of tetrazole rings is 2. The van der Waals surface area contributed by atoms with Crippen molar-refractivity contribution in [2.45, 2.75) is 38.8 Å². The number of hydrogen-bond donors (Lipinski definition) is 0. The van der Waals surface area contributed by atoms with E-state index in [4.69, 9.17) is 0 Å². The Morgan fingerprint density at radius 1 is 0.625 bits per heavy atom. The molecule has 0 radical (unpaired) electrons. The zero-order valence-electron chi connectivity index (χ0n) is 18.0. The Morgan fingerprint density at radius 3 is 1.41 bits per heavy atom. The van der Waals surface area contributed by atoms with Crippen LogP contribution < -0.4 is 0 Å². The van der Waals surface area contributed by atoms with Crippen LogP contribution in [0.2, 0.25) is 0 Å². The molecule has 2 heterocycles. The summed E-state index contributed by atoms with van der Waals surface area (Å²) in [6.07, 6.45) is 7.09. The number of aryl methyl sites for hydroxylation is 2. The summed E-state index contributed by atoms with van der Waals surface area (Å²) in [6, 6.07) is 16.3. The summed E-state index contributed by atoms with van der Waals surface area (Å²) < 4.78 is 0. The highest BCUT2D eigenvalue weighted by Gasteiger charge is 2.07. The Balaban J connectivity index is 1.20. The molecule has 2 aromatic carbocycles. The van der Waals surface area contributed by atoms with Crippen LogP contribution in [0, 0.1) is 0 Å². The summed E-state index contributed by atoms with van der Waals surface area (Å²) >= 11 is 0. The van der Waals surface area contributed by atoms with Crippen LogP contribution in [0.3, 0.4) is 0 Å². The van der Waals surface area contributed by atoms with E-state index in [9.17, 15) is 0 Å². The van der Waals surface area contributed by atoms with E-state index in [1.807, 2.05) is 36.4 Å². The van der Waals surface area contributed by atoms with E-state index in [2.05, 4.69) is 68.2 Å². The van der Waals surface area contributed by atoms with Gasteiger partial charge in [0.05, 0.1) is 13.1 Å². The first-order valence-corrected chi connectivity index (χ1v) is 10.7. The molecule has 0 bridgehead atoms. The van der Waals surface area contributed by atoms with E-state index in [1.165, 1.54) is 0 Å². The molecular weight excluding hydrogens is 400 g/mol. The summed E-state index contributed by atoms with van der Waals surface area (Å²) in [5.41, 5.74) is 4.45. The molecular formula is C24H26N8. The van der Waals surface area contributed by atoms with Gasteiger partial charge in [-0.2, -0.15) is 9.59 Å². The maximum atomic E-state index is 4.48. The van der Waals surface area contributed by atoms with Gasteiger partial charge in [-0.1, -0.05) is 73.8 Å². The van der Waals surface area contributed by atoms with Crippen LogP contribution in [0.15, 0.2) is 61.7 Å². The number of hydrogen-bond acceptors (Lipinski definition) is 6. The zero-order valence-corrected chi connectivity index (χ0v) is 18.0. The third-order valence-corrected chi connectivity index (χ3v) is 5.12. The van der Waals surface area contributed by atoms with Crippen molar-refractivity contribution in [2.75, 3.05) is 0 Å². The summed E-state index contributed by atoms with van der Waals surface area (Å²) in [4.78, 5) is 3.26. The standard InChI is InChI=1S/C24H26N8/c1-3-19-9-13-21(14-10-19)17-31-27-23(25-29-31)7-5-6-8-24-26-30-32(28-24)18-22-15-11-20(4-2)12-16-22/h3-4,9-16H,1-2,5-8,17-18H2. The van der Waals surface area contributed by atoms with Gasteiger partial charge < -0.3 is 0 Å². The minimum absolute atomic E-state index is 0.605. The molecule has 0 spiro atoms. The highest BCUT2D eigenvalue weighted by atomic mass is 15.6. The van der Waals surface area contributed by atoms with Gasteiger partial charge >= 0.3 is 0 Å². The Hall–Kier alpha value is -3.94. The summed E-state index contributed by atoms with van der Waals surface area (Å²) in [5, 5.41) is 25.6. The van der Waals surface area contributed by atoms with E-state index in [0.717, 1.165) is 59.6 Å². The number of aromatic nitrogens is 8. The van der Waals surface area contributed by atoms with E-state index in [1.54, 1.807) is 9.59 Å². The molecule has 2 aromatic heterocycles. The normalized spacial score (nSPS) is 10.9. The number of rotatable bonds is 11. The molecule has 0 aliphatic heterocycles. The molecule has 0 fully saturated rings. The van der Waals surface area contributed by atoms with Gasteiger partial charge in [-0.15, -0.1) is 20.4 Å². The first kappa shape index (κ1) is 21.3. The largest absolute Gasteiger partial charge is 0.174 e. The number of benzene rings is 2. The molecule has 0 aliphatic rings. The fourth-order valence-corrected chi connectivity index (χ4v) is 3.30. The van der Waals surface area contributed by atoms with Crippen LogP contribution in [0.4, 0.5) is 0 Å². The van der Waals surface area contributed by atoms with Gasteiger partial charge in [0, 0.05) is 12.8 Å². The first-order valence-electron chi connectivity index (χ1n) is 10.7. The molecule has 0 saturated carbocycles. The molecule has 0 N–H and O–H groups in total. The van der Waals surface area contributed by atoms with Crippen molar-refractivity contribution in [1.29, 1.82) is 0 Å². The summed E-state index contributed by atoms with van der Waals surface area (Å²) in [7, 11) is 0. The second-order valence-corrected chi connectivity index (χ2v) is 7.57. The Labute approximate surface area is 187 Å². The SMILES string of the molecule is C=Cc1ccc(Cn2nnc(CCCCc3nnn(Cc4ccc(C=C)cc4)n3)n2)cc1. The predicted molar refractivity (Wildman–Crippen MR) is 124 cm³/mol. The maximum absolute atomic E-state index is 4.48. The van der Waals surface area contributed by atoms with Crippen molar-refractivity contribution in [3.8, 4) is 0 Å². The minimum atomic E-state index is 0.605. The molecule has 8 nitrogen and oxygen atoms in total. The van der Waals surface area contributed by atoms with Gasteiger partial charge in [0.2, 0.25) is 0 Å². The van der Waals surface area contributed by atoms with Gasteiger partial charge in [0.25, 0.3) is 0 Å². The van der Waals surface area contributed by atoms with Crippen LogP contribution in [0.5, 0.6) is 0 Å². The average molecular weight is 427 g/mol. The molecule has 4 aromatic rings. The zero-order chi connectivity index (χ0) is 22.2. The lowest BCUT2D eigenvalue weighted by molar-refractivity contribution is 0.567. The monoisotopic (exact) mass is 426 g/mol. The fourth-order valence-electron chi connectivity index (χ4n) is 3.30. The van der Waals surface area contributed by atoms with Crippen LogP contribution in [0.25, 0.3) is 12.2 Å². The third kappa shape index (κ3) is 5.81. The molecule has 0 unspecified atom stereocenters. The van der Waals surface area contributed by atoms with Crippen molar-refractivity contribution < 1.29 is 0 Å². The molecule has 32 heavy (non-hydrogen) atoms. The number of unbranched alkanes of at least 4 members (excludes halogenated alkanes) is 1. The van der Waals surface area contributed by atoms with Crippen molar-refractivity contribution in [1.82, 2.24) is 40.4 Å². The average Bonchev–Trinajstić information content (AvgIpc) is 3.47. The summed E-state index contributed by atoms with van der Waals surface area (Å²) in [6.45, 7) is 8.75. The van der Waals surface area contributed by atoms with Crippen LogP contribution in [-0.2, 0) is 25.9 Å². The Kier molecular flexibility index (Phi) is 6.91. The van der Waals surface area contributed by atoms with E-state index in [0.29, 0.717) is 13.1 Å². The van der Waals surface area contributed by atoms with Crippen molar-refractivity contribution in [2.24, 2.45) is 0 Å². The lowest BCUT2D eigenvalue weighted by Gasteiger charge is -2.00. The molecule has 8 heteroatoms. The lowest BCUT2D eigenvalue weighted by Crippen LogP contribution is -2.04. The molecule has 0 amide bonds. The highest BCUT2D eigenvalue weighted by Crippen LogP contribution is 2.08. The quantitative estimate of drug-likeness (QED) is 0.341. The topological polar surface area (TPSA) is 87.2 Å². The smallest absolute Gasteiger partial charge is 0.160 e. The van der Waals surface area contributed by atoms with Crippen molar-refractivity contribution in [3.63, 3.8) is 0 Å². The van der Waals surface area contributed by atoms with Crippen molar-refractivity contribution >= 4 is 12.2 Å². The van der Waals surface area contributed by atoms with Gasteiger partial charge in [0.15, 0.2) is 11.6 Å². The van der Waals surface area contributed by atoms with Gasteiger partial charge in [-0.3, -0.25) is 0 Å². The third-order valence-electron chi connectivity index (χ3n) is 5.12. The molecule has 0 aliphatic carbocycles. The Morgan fingerprint density at radius 2 is 1.03 bits per heavy atom. The fraction of sp³-hybridized carbons (Fsp3) is 0.250. The second kappa shape index (κ2) is 10.4. The number of nitrogens with zero attached hydrogens (tertiary/aromatic N) is 8. The molecule has 162 valence electrons. The van der Waals surface area contributed by atoms with Gasteiger partial charge in [-0.05, 0) is 45.5 Å². The highest BCUT2D eigenvalue weighted by molar-refractivity contribution is 5.47. The van der Waals surface area contributed by atoms with E-state index >= 15 is 0 Å². The lowest BCUT2D eigenvalue weighted by atomic mass is 10.1. The molecule has 0 saturated heterocycles. The minimum Gasteiger partial charge on any atom is -0.160 e. The van der Waals surface area contributed by atoms with Crippen LogP contribution >= 0.6 is 0 Å². The van der Waals surface area contributed by atoms with Gasteiger partial charge in [0.1, 0.15) is 0 Å². The first-order chi connectivity index (χ1) is 15.7. The Bertz CT molecular complexity index is 1060. The summed E-state index contributed by atoms with van der Waals surface area (Å²) in [5.74, 6) is 1.51. The van der Waals surface area contributed by atoms with Crippen LogP contribution in [0.1, 0.15) is 46.7 Å².